The smallest absolute Gasteiger partial charge is 0.175 e. The van der Waals surface area contributed by atoms with Crippen molar-refractivity contribution in [2.75, 3.05) is 20.0 Å². The maximum absolute atomic E-state index is 5.59. The highest BCUT2D eigenvalue weighted by atomic mass is 79.9. The molecule has 0 heterocycles. The quantitative estimate of drug-likeness (QED) is 0.793. The van der Waals surface area contributed by atoms with Crippen molar-refractivity contribution < 1.29 is 9.47 Å². The van der Waals surface area contributed by atoms with E-state index in [4.69, 9.17) is 15.2 Å². The Bertz CT molecular complexity index is 289. The summed E-state index contributed by atoms with van der Waals surface area (Å²) in [7, 11) is 3.16. The lowest BCUT2D eigenvalue weighted by atomic mass is 10.3. The third-order valence-electron chi connectivity index (χ3n) is 1.46. The molecule has 0 radical (unpaired) electrons. The summed E-state index contributed by atoms with van der Waals surface area (Å²) in [4.78, 5) is 0. The molecule has 2 N–H and O–H groups in total. The first kappa shape index (κ1) is 9.19. The maximum atomic E-state index is 5.59. The molecule has 0 saturated carbocycles. The number of anilines is 1. The Morgan fingerprint density at radius 2 is 1.92 bits per heavy atom. The number of benzene rings is 1. The summed E-state index contributed by atoms with van der Waals surface area (Å²) in [6, 6.07) is 3.48. The second kappa shape index (κ2) is 3.67. The van der Waals surface area contributed by atoms with Crippen LogP contribution in [0.2, 0.25) is 0 Å². The van der Waals surface area contributed by atoms with E-state index in [1.165, 1.54) is 0 Å². The highest BCUT2D eigenvalue weighted by molar-refractivity contribution is 9.10. The molecule has 0 aliphatic carbocycles. The van der Waals surface area contributed by atoms with Crippen LogP contribution < -0.4 is 15.2 Å². The fourth-order valence-electron chi connectivity index (χ4n) is 0.938. The van der Waals surface area contributed by atoms with Gasteiger partial charge in [0.1, 0.15) is 0 Å². The summed E-state index contributed by atoms with van der Waals surface area (Å²) in [5.41, 5.74) is 6.23. The molecule has 0 saturated heterocycles. The Balaban J connectivity index is 3.24. The topological polar surface area (TPSA) is 44.5 Å². The lowest BCUT2D eigenvalue weighted by Gasteiger charge is -2.09. The van der Waals surface area contributed by atoms with Gasteiger partial charge in [-0.15, -0.1) is 0 Å². The first-order chi connectivity index (χ1) is 5.69. The van der Waals surface area contributed by atoms with Gasteiger partial charge in [-0.05, 0) is 22.0 Å². The average Bonchev–Trinajstić information content (AvgIpc) is 2.03. The molecule has 1 aromatic carbocycles. The van der Waals surface area contributed by atoms with Crippen molar-refractivity contribution in [3.8, 4) is 11.5 Å². The number of rotatable bonds is 2. The predicted octanol–water partition coefficient (Wildman–Crippen LogP) is 2.05. The lowest BCUT2D eigenvalue weighted by Crippen LogP contribution is -1.93. The zero-order valence-corrected chi connectivity index (χ0v) is 8.51. The van der Waals surface area contributed by atoms with Crippen molar-refractivity contribution in [3.63, 3.8) is 0 Å². The van der Waals surface area contributed by atoms with Crippen molar-refractivity contribution >= 4 is 21.6 Å². The van der Waals surface area contributed by atoms with Crippen LogP contribution in [0.5, 0.6) is 11.5 Å². The molecule has 1 aromatic rings. The third-order valence-corrected chi connectivity index (χ3v) is 2.04. The summed E-state index contributed by atoms with van der Waals surface area (Å²) < 4.78 is 11.0. The van der Waals surface area contributed by atoms with E-state index in [9.17, 15) is 0 Å². The molecule has 0 fully saturated rings. The van der Waals surface area contributed by atoms with E-state index < -0.39 is 0 Å². The molecule has 4 heteroatoms. The second-order valence-electron chi connectivity index (χ2n) is 2.24. The van der Waals surface area contributed by atoms with E-state index in [0.29, 0.717) is 17.2 Å². The van der Waals surface area contributed by atoms with Gasteiger partial charge in [-0.3, -0.25) is 0 Å². The maximum Gasteiger partial charge on any atom is 0.175 e. The Morgan fingerprint density at radius 1 is 1.25 bits per heavy atom. The standard InChI is InChI=1S/C8H10BrNO2/c1-11-7-4-5(10)3-6(9)8(7)12-2/h3-4H,10H2,1-2H3. The minimum absolute atomic E-state index is 0.629. The predicted molar refractivity (Wildman–Crippen MR) is 51.7 cm³/mol. The van der Waals surface area contributed by atoms with E-state index >= 15 is 0 Å². The van der Waals surface area contributed by atoms with Crippen LogP contribution in [-0.4, -0.2) is 14.2 Å². The van der Waals surface area contributed by atoms with Crippen molar-refractivity contribution in [2.24, 2.45) is 0 Å². The molecule has 0 spiro atoms. The van der Waals surface area contributed by atoms with Crippen LogP contribution in [0.25, 0.3) is 0 Å². The minimum Gasteiger partial charge on any atom is -0.493 e. The minimum atomic E-state index is 0.629. The van der Waals surface area contributed by atoms with Crippen molar-refractivity contribution in [3.05, 3.63) is 16.6 Å². The van der Waals surface area contributed by atoms with Crippen LogP contribution in [0.4, 0.5) is 5.69 Å². The molecule has 3 nitrogen and oxygen atoms in total. The number of halogens is 1. The van der Waals surface area contributed by atoms with Gasteiger partial charge in [0, 0.05) is 11.8 Å². The van der Waals surface area contributed by atoms with Gasteiger partial charge in [0.2, 0.25) is 0 Å². The van der Waals surface area contributed by atoms with Gasteiger partial charge in [0.25, 0.3) is 0 Å². The Labute approximate surface area is 79.6 Å². The molecule has 12 heavy (non-hydrogen) atoms. The SMILES string of the molecule is COc1cc(N)cc(Br)c1OC. The summed E-state index contributed by atoms with van der Waals surface area (Å²) in [6.07, 6.45) is 0. The molecular formula is C8H10BrNO2. The third kappa shape index (κ3) is 1.64. The number of nitrogens with two attached hydrogens (primary N) is 1. The van der Waals surface area contributed by atoms with Crippen LogP contribution in [0.1, 0.15) is 0 Å². The first-order valence-corrected chi connectivity index (χ1v) is 4.15. The molecule has 0 aliphatic rings. The summed E-state index contributed by atoms with van der Waals surface area (Å²) in [5.74, 6) is 1.29. The van der Waals surface area contributed by atoms with Gasteiger partial charge in [-0.25, -0.2) is 0 Å². The largest absolute Gasteiger partial charge is 0.493 e. The van der Waals surface area contributed by atoms with Gasteiger partial charge in [-0.2, -0.15) is 0 Å². The zero-order chi connectivity index (χ0) is 9.14. The van der Waals surface area contributed by atoms with Crippen LogP contribution in [0.3, 0.4) is 0 Å². The van der Waals surface area contributed by atoms with E-state index in [1.807, 2.05) is 0 Å². The number of hydrogen-bond acceptors (Lipinski definition) is 3. The van der Waals surface area contributed by atoms with Gasteiger partial charge >= 0.3 is 0 Å². The van der Waals surface area contributed by atoms with Gasteiger partial charge in [0.05, 0.1) is 18.7 Å². The number of hydrogen-bond donors (Lipinski definition) is 1. The fourth-order valence-corrected chi connectivity index (χ4v) is 1.56. The molecule has 0 aromatic heterocycles. The molecular weight excluding hydrogens is 222 g/mol. The Morgan fingerprint density at radius 3 is 2.42 bits per heavy atom. The molecule has 0 bridgehead atoms. The lowest BCUT2D eigenvalue weighted by molar-refractivity contribution is 0.353. The Hall–Kier alpha value is -0.900. The second-order valence-corrected chi connectivity index (χ2v) is 3.09. The summed E-state index contributed by atoms with van der Waals surface area (Å²) >= 11 is 3.31. The molecule has 0 atom stereocenters. The van der Waals surface area contributed by atoms with E-state index in [2.05, 4.69) is 15.9 Å². The van der Waals surface area contributed by atoms with Gasteiger partial charge in [-0.1, -0.05) is 0 Å². The summed E-state index contributed by atoms with van der Waals surface area (Å²) in [5, 5.41) is 0. The average molecular weight is 232 g/mol. The molecule has 0 unspecified atom stereocenters. The number of methoxy groups -OCH3 is 2. The fraction of sp³-hybridized carbons (Fsp3) is 0.250. The zero-order valence-electron chi connectivity index (χ0n) is 6.93. The monoisotopic (exact) mass is 231 g/mol. The Kier molecular flexibility index (Phi) is 2.81. The van der Waals surface area contributed by atoms with Crippen molar-refractivity contribution in [2.45, 2.75) is 0 Å². The number of ether oxygens (including phenoxy) is 2. The first-order valence-electron chi connectivity index (χ1n) is 3.36. The van der Waals surface area contributed by atoms with Crippen LogP contribution in [0, 0.1) is 0 Å². The van der Waals surface area contributed by atoms with Crippen LogP contribution >= 0.6 is 15.9 Å². The van der Waals surface area contributed by atoms with Crippen molar-refractivity contribution in [1.82, 2.24) is 0 Å². The van der Waals surface area contributed by atoms with Gasteiger partial charge < -0.3 is 15.2 Å². The highest BCUT2D eigenvalue weighted by Crippen LogP contribution is 2.36. The molecule has 0 amide bonds. The number of nitrogen functional groups attached to an aromatic ring is 1. The van der Waals surface area contributed by atoms with Gasteiger partial charge in [0.15, 0.2) is 11.5 Å². The molecule has 66 valence electrons. The van der Waals surface area contributed by atoms with Crippen LogP contribution in [0.15, 0.2) is 16.6 Å². The summed E-state index contributed by atoms with van der Waals surface area (Å²) in [6.45, 7) is 0. The van der Waals surface area contributed by atoms with Crippen molar-refractivity contribution in [1.29, 1.82) is 0 Å². The van der Waals surface area contributed by atoms with E-state index in [1.54, 1.807) is 26.4 Å². The van der Waals surface area contributed by atoms with Crippen LogP contribution in [-0.2, 0) is 0 Å². The normalized spacial score (nSPS) is 9.58. The van der Waals surface area contributed by atoms with E-state index in [-0.39, 0.29) is 0 Å². The highest BCUT2D eigenvalue weighted by Gasteiger charge is 2.08. The molecule has 0 aliphatic heterocycles. The molecule has 1 rings (SSSR count). The van der Waals surface area contributed by atoms with E-state index in [0.717, 1.165) is 4.47 Å².